The van der Waals surface area contributed by atoms with Gasteiger partial charge in [0.2, 0.25) is 0 Å². The maximum absolute atomic E-state index is 5.61. The molecule has 0 bridgehead atoms. The monoisotopic (exact) mass is 276 g/mol. The Morgan fingerprint density at radius 2 is 1.50 bits per heavy atom. The molecule has 0 saturated carbocycles. The van der Waals surface area contributed by atoms with Gasteiger partial charge in [0.05, 0.1) is 0 Å². The first-order chi connectivity index (χ1) is 4.21. The molecule has 58 valence electrons. The van der Waals surface area contributed by atoms with Gasteiger partial charge in [0, 0.05) is 0 Å². The second-order valence-electron chi connectivity index (χ2n) is 3.00. The van der Waals surface area contributed by atoms with Crippen LogP contribution in [0.25, 0.3) is 0 Å². The van der Waals surface area contributed by atoms with Gasteiger partial charge >= 0.3 is 78.5 Å². The number of rotatable bonds is 0. The summed E-state index contributed by atoms with van der Waals surface area (Å²) in [6.07, 6.45) is 0. The fourth-order valence-electron chi connectivity index (χ4n) is 0.258. The van der Waals surface area contributed by atoms with E-state index in [2.05, 4.69) is 29.9 Å². The van der Waals surface area contributed by atoms with E-state index in [1.54, 1.807) is 0 Å². The molecule has 0 aliphatic carbocycles. The van der Waals surface area contributed by atoms with Crippen molar-refractivity contribution in [3.8, 4) is 10.3 Å². The van der Waals surface area contributed by atoms with Crippen LogP contribution >= 0.6 is 30.0 Å². The maximum atomic E-state index is 5.61. The molecule has 0 aliphatic heterocycles. The predicted octanol–water partition coefficient (Wildman–Crippen LogP) is 3.06. The molecule has 0 rings (SSSR count). The second-order valence-corrected chi connectivity index (χ2v) is 22.2. The van der Waals surface area contributed by atoms with E-state index < -0.39 is 18.6 Å². The van der Waals surface area contributed by atoms with Gasteiger partial charge in [0.25, 0.3) is 0 Å². The van der Waals surface area contributed by atoms with Crippen LogP contribution in [0.15, 0.2) is 0 Å². The van der Waals surface area contributed by atoms with Crippen molar-refractivity contribution in [2.24, 2.45) is 0 Å². The van der Waals surface area contributed by atoms with Gasteiger partial charge in [-0.25, -0.2) is 0 Å². The topological polar surface area (TPSA) is 0 Å². The van der Waals surface area contributed by atoms with Crippen molar-refractivity contribution in [2.75, 3.05) is 0 Å². The summed E-state index contributed by atoms with van der Waals surface area (Å²) in [4.78, 5) is 0. The molecular weight excluding hydrogens is 267 g/mol. The predicted molar refractivity (Wildman–Crippen MR) is 54.4 cm³/mol. The van der Waals surface area contributed by atoms with Gasteiger partial charge in [-0.3, -0.25) is 0 Å². The van der Waals surface area contributed by atoms with E-state index in [0.29, 0.717) is 0 Å². The minimum atomic E-state index is -3.12. The molecule has 0 aliphatic rings. The van der Waals surface area contributed by atoms with Crippen molar-refractivity contribution in [1.29, 1.82) is 0 Å². The van der Waals surface area contributed by atoms with Crippen LogP contribution in [0.4, 0.5) is 0 Å². The van der Waals surface area contributed by atoms with E-state index >= 15 is 0 Å². The third-order valence-electron chi connectivity index (χ3n) is 0.579. The first-order valence-electron chi connectivity index (χ1n) is 2.82. The van der Waals surface area contributed by atoms with Gasteiger partial charge in [-0.05, 0) is 0 Å². The zero-order valence-corrected chi connectivity index (χ0v) is 11.5. The summed E-state index contributed by atoms with van der Waals surface area (Å²) in [7, 11) is 12.4. The second kappa shape index (κ2) is 3.73. The fourth-order valence-corrected chi connectivity index (χ4v) is 6.24. The average Bonchev–Trinajstić information content (AvgIpc) is 1.57. The van der Waals surface area contributed by atoms with E-state index in [1.807, 2.05) is 0 Å². The van der Waals surface area contributed by atoms with Crippen LogP contribution in [0.2, 0.25) is 19.6 Å². The molecule has 0 N–H and O–H groups in total. The average molecular weight is 276 g/mol. The number of halogens is 3. The van der Waals surface area contributed by atoms with Crippen molar-refractivity contribution >= 4 is 48.6 Å². The Balaban J connectivity index is 4.19. The van der Waals surface area contributed by atoms with E-state index in [9.17, 15) is 0 Å². The first-order valence-corrected chi connectivity index (χ1v) is 15.6. The zero-order chi connectivity index (χ0) is 8.41. The summed E-state index contributed by atoms with van der Waals surface area (Å²) in [6.45, 7) is 6.37. The van der Waals surface area contributed by atoms with Gasteiger partial charge in [0.1, 0.15) is 0 Å². The van der Waals surface area contributed by atoms with Crippen LogP contribution in [-0.4, -0.2) is 18.6 Å². The Hall–Kier alpha value is 1.19. The van der Waals surface area contributed by atoms with E-state index in [-0.39, 0.29) is 0 Å². The third kappa shape index (κ3) is 9.19. The zero-order valence-electron chi connectivity index (χ0n) is 6.13. The van der Waals surface area contributed by atoms with Crippen molar-refractivity contribution in [3.05, 3.63) is 0 Å². The van der Waals surface area contributed by atoms with Gasteiger partial charge in [0.15, 0.2) is 0 Å². The number of hydrogen-bond acceptors (Lipinski definition) is 0. The van der Waals surface area contributed by atoms with Crippen LogP contribution in [0.1, 0.15) is 0 Å². The SMILES string of the molecule is C[Si](C)(C)C#[C][Ge]([Cl])([Cl])[Cl]. The van der Waals surface area contributed by atoms with Gasteiger partial charge in [-0.1, -0.05) is 0 Å². The fraction of sp³-hybridized carbons (Fsp3) is 0.600. The van der Waals surface area contributed by atoms with Crippen molar-refractivity contribution in [2.45, 2.75) is 19.6 Å². The third-order valence-corrected chi connectivity index (χ3v) is 4.31. The van der Waals surface area contributed by atoms with Gasteiger partial charge in [-0.2, -0.15) is 0 Å². The standard InChI is InChI=1S/C5H9Cl3GeSi/c1-10(2,3)5-4-9(6,7)8/h1-3H3. The molecule has 0 atom stereocenters. The summed E-state index contributed by atoms with van der Waals surface area (Å²) in [6, 6.07) is 0. The van der Waals surface area contributed by atoms with Crippen LogP contribution in [0.5, 0.6) is 0 Å². The molecule has 10 heavy (non-hydrogen) atoms. The Labute approximate surface area is 78.2 Å². The summed E-state index contributed by atoms with van der Waals surface area (Å²) in [5.41, 5.74) is 3.04. The van der Waals surface area contributed by atoms with E-state index in [4.69, 9.17) is 30.0 Å². The molecule has 0 saturated heterocycles. The normalized spacial score (nSPS) is 12.2. The molecule has 0 unspecified atom stereocenters. The van der Waals surface area contributed by atoms with Gasteiger partial charge in [-0.15, -0.1) is 0 Å². The van der Waals surface area contributed by atoms with Crippen LogP contribution in [0.3, 0.4) is 0 Å². The quantitative estimate of drug-likeness (QED) is 0.471. The Kier molecular flexibility index (Phi) is 4.17. The van der Waals surface area contributed by atoms with E-state index in [0.717, 1.165) is 0 Å². The summed E-state index contributed by atoms with van der Waals surface area (Å²) in [5.74, 6) is 0. The molecule has 0 heterocycles. The molecule has 0 radical (unpaired) electrons. The molecule has 0 spiro atoms. The van der Waals surface area contributed by atoms with Crippen molar-refractivity contribution in [1.82, 2.24) is 0 Å². The summed E-state index contributed by atoms with van der Waals surface area (Å²) in [5, 5.41) is 0. The van der Waals surface area contributed by atoms with Crippen LogP contribution < -0.4 is 0 Å². The summed E-state index contributed by atoms with van der Waals surface area (Å²) < 4.78 is 2.76. The Morgan fingerprint density at radius 3 is 1.60 bits per heavy atom. The molecule has 0 nitrogen and oxygen atoms in total. The van der Waals surface area contributed by atoms with E-state index in [1.165, 1.54) is 0 Å². The molecule has 5 heteroatoms. The Bertz CT molecular complexity index is 150. The first kappa shape index (κ1) is 11.2. The molecule has 0 amide bonds. The van der Waals surface area contributed by atoms with Crippen LogP contribution in [0, 0.1) is 10.3 Å². The van der Waals surface area contributed by atoms with Gasteiger partial charge < -0.3 is 0 Å². The molecule has 0 fully saturated rings. The Morgan fingerprint density at radius 1 is 1.10 bits per heavy atom. The minimum absolute atomic E-state index is 1.33. The van der Waals surface area contributed by atoms with Crippen LogP contribution in [-0.2, 0) is 0 Å². The van der Waals surface area contributed by atoms with Crippen molar-refractivity contribution in [3.63, 3.8) is 0 Å². The molecule has 0 aromatic heterocycles. The molecule has 0 aromatic carbocycles. The number of hydrogen-bond donors (Lipinski definition) is 0. The summed E-state index contributed by atoms with van der Waals surface area (Å²) >= 11 is 0. The van der Waals surface area contributed by atoms with Crippen molar-refractivity contribution < 1.29 is 0 Å². The molecular formula is C5H9Cl3GeSi. The molecule has 0 aromatic rings.